The van der Waals surface area contributed by atoms with Crippen molar-refractivity contribution >= 4 is 49.5 Å². The van der Waals surface area contributed by atoms with E-state index in [0.717, 1.165) is 0 Å². The molecule has 8 aromatic rings. The van der Waals surface area contributed by atoms with Crippen molar-refractivity contribution in [2.24, 2.45) is 0 Å². The molecule has 0 amide bonds. The Balaban J connectivity index is 0.000000282. The number of hydrogen-bond acceptors (Lipinski definition) is 0. The molecule has 0 aliphatic carbocycles. The summed E-state index contributed by atoms with van der Waals surface area (Å²) in [7, 11) is 0. The van der Waals surface area contributed by atoms with Crippen LogP contribution in [0.25, 0.3) is 43.1 Å². The summed E-state index contributed by atoms with van der Waals surface area (Å²) in [5.74, 6) is 0. The van der Waals surface area contributed by atoms with Gasteiger partial charge in [-0.2, -0.15) is 70.1 Å². The van der Waals surface area contributed by atoms with Gasteiger partial charge in [0, 0.05) is 0 Å². The second-order valence-electron chi connectivity index (χ2n) is 10.6. The quantitative estimate of drug-likeness (QED) is 0.172. The van der Waals surface area contributed by atoms with E-state index in [2.05, 4.69) is 198 Å². The van der Waals surface area contributed by atoms with E-state index in [4.69, 9.17) is 0 Å². The predicted octanol–water partition coefficient (Wildman–Crippen LogP) is 5.73. The fraction of sp³-hybridized carbons (Fsp3) is 0.0952. The van der Waals surface area contributed by atoms with Gasteiger partial charge in [-0.05, 0) is 0 Å². The topological polar surface area (TPSA) is 0 Å². The summed E-state index contributed by atoms with van der Waals surface area (Å²) in [6, 6.07) is 58.7. The maximum atomic E-state index is 2.12. The van der Waals surface area contributed by atoms with Crippen LogP contribution >= 0.6 is 0 Å². The third-order valence-corrected chi connectivity index (χ3v) is 6.19. The second kappa shape index (κ2) is 23.7. The molecule has 0 saturated carbocycles. The Morgan fingerprint density at radius 2 is 0.522 bits per heavy atom. The zero-order valence-corrected chi connectivity index (χ0v) is 33.3. The Labute approximate surface area is 317 Å². The number of benzene rings is 4. The maximum absolute atomic E-state index is 2.12. The number of hydrogen-bond donors (Lipinski definition) is 0. The van der Waals surface area contributed by atoms with Crippen molar-refractivity contribution in [3.63, 3.8) is 0 Å². The third-order valence-electron chi connectivity index (χ3n) is 6.19. The van der Waals surface area contributed by atoms with Gasteiger partial charge in [-0.25, -0.2) is 0 Å². The van der Waals surface area contributed by atoms with Crippen molar-refractivity contribution < 1.29 is 73.3 Å². The minimum Gasteiger partial charge on any atom is -1.00 e. The fourth-order valence-corrected chi connectivity index (χ4v) is 4.28. The summed E-state index contributed by atoms with van der Waals surface area (Å²) in [6.07, 6.45) is 0. The third kappa shape index (κ3) is 15.8. The number of halogens is 2. The Bertz CT molecular complexity index is 1560. The van der Waals surface area contributed by atoms with Crippen LogP contribution in [0.3, 0.4) is 0 Å². The van der Waals surface area contributed by atoms with Gasteiger partial charge in [0.1, 0.15) is 0 Å². The standard InChI is InChI=1S/4C9H7.2C3H6.2ClH.2Zr/c4*1-2-5-9-7-3-6-8(9)4-1;2*1-3-2;;;;/h4*1-7H;2*1-2H3;2*1H;;/q4*-1;;;;;2*+2/p-2. The van der Waals surface area contributed by atoms with E-state index in [0.29, 0.717) is 0 Å². The summed E-state index contributed by atoms with van der Waals surface area (Å²) in [5.41, 5.74) is 0. The molecule has 8 aromatic carbocycles. The van der Waals surface area contributed by atoms with Gasteiger partial charge in [0.25, 0.3) is 0 Å². The molecular formula is C42H40Cl2Zr2-2. The van der Waals surface area contributed by atoms with E-state index in [-0.39, 0.29) is 24.8 Å². The van der Waals surface area contributed by atoms with Crippen LogP contribution in [0.4, 0.5) is 0 Å². The summed E-state index contributed by atoms with van der Waals surface area (Å²) in [6.45, 7) is 8.49. The van der Waals surface area contributed by atoms with Crippen LogP contribution in [-0.2, 0) is 48.5 Å². The van der Waals surface area contributed by atoms with Gasteiger partial charge in [0.15, 0.2) is 0 Å². The fourth-order valence-electron chi connectivity index (χ4n) is 4.28. The van der Waals surface area contributed by atoms with Crippen molar-refractivity contribution in [3.05, 3.63) is 170 Å². The second-order valence-corrected chi connectivity index (χ2v) is 15.5. The van der Waals surface area contributed by atoms with E-state index >= 15 is 0 Å². The van der Waals surface area contributed by atoms with Gasteiger partial charge in [0.2, 0.25) is 0 Å². The van der Waals surface area contributed by atoms with E-state index in [9.17, 15) is 0 Å². The molecule has 0 aliphatic rings. The zero-order chi connectivity index (χ0) is 31.6. The van der Waals surface area contributed by atoms with Gasteiger partial charge in [-0.1, -0.05) is 24.3 Å². The van der Waals surface area contributed by atoms with Crippen LogP contribution in [0, 0.1) is 0 Å². The molecule has 0 aromatic heterocycles. The minimum atomic E-state index is 0. The smallest absolute Gasteiger partial charge is 0.0809 e. The molecule has 0 heterocycles. The molecule has 0 atom stereocenters. The predicted molar refractivity (Wildman–Crippen MR) is 191 cm³/mol. The summed E-state index contributed by atoms with van der Waals surface area (Å²) in [5, 5.41) is 10.6. The first kappa shape index (κ1) is 41.4. The van der Waals surface area contributed by atoms with Crippen LogP contribution in [0.5, 0.6) is 0 Å². The SMILES string of the molecule is C[C](C)=[Zr+2].C[C](C)=[Zr+2].[Cl-].[Cl-].c1ccc2[cH-]ccc2c1.c1ccc2[cH-]ccc2c1.c1ccc2[cH-]ccc2c1.c1ccc2[cH-]ccc2c1. The van der Waals surface area contributed by atoms with E-state index < -0.39 is 0 Å². The molecule has 0 bridgehead atoms. The van der Waals surface area contributed by atoms with Crippen molar-refractivity contribution in [1.29, 1.82) is 0 Å². The van der Waals surface area contributed by atoms with Crippen molar-refractivity contribution in [3.8, 4) is 0 Å². The zero-order valence-electron chi connectivity index (χ0n) is 26.9. The first-order valence-corrected chi connectivity index (χ1v) is 17.2. The molecule has 0 aliphatic heterocycles. The monoisotopic (exact) mass is 794 g/mol. The van der Waals surface area contributed by atoms with Gasteiger partial charge in [-0.15, -0.1) is 119 Å². The average molecular weight is 798 g/mol. The minimum absolute atomic E-state index is 0. The first-order valence-electron chi connectivity index (χ1n) is 14.8. The summed E-state index contributed by atoms with van der Waals surface area (Å²) >= 11 is 3.11. The maximum Gasteiger partial charge on any atom is -0.0809 e. The van der Waals surface area contributed by atoms with Crippen molar-refractivity contribution in [1.82, 2.24) is 0 Å². The molecule has 8 rings (SSSR count). The Kier molecular flexibility index (Phi) is 21.3. The van der Waals surface area contributed by atoms with Crippen molar-refractivity contribution in [2.75, 3.05) is 0 Å². The number of rotatable bonds is 0. The van der Waals surface area contributed by atoms with Crippen molar-refractivity contribution in [2.45, 2.75) is 27.7 Å². The summed E-state index contributed by atoms with van der Waals surface area (Å²) in [4.78, 5) is 0. The van der Waals surface area contributed by atoms with E-state index in [1.54, 1.807) is 48.5 Å². The molecule has 0 fully saturated rings. The summed E-state index contributed by atoms with van der Waals surface area (Å²) < 4.78 is 3.01. The Morgan fingerprint density at radius 3 is 0.696 bits per heavy atom. The average Bonchev–Trinajstić information content (AvgIpc) is 3.84. The molecule has 0 spiro atoms. The number of fused-ring (bicyclic) bond motifs is 4. The Hall–Kier alpha value is -2.59. The molecular weight excluding hydrogens is 758 g/mol. The normalized spacial score (nSPS) is 9.22. The molecule has 0 N–H and O–H groups in total. The molecule has 232 valence electrons. The molecule has 46 heavy (non-hydrogen) atoms. The largest absolute Gasteiger partial charge is 1.00 e. The van der Waals surface area contributed by atoms with E-state index in [1.807, 2.05) is 0 Å². The van der Waals surface area contributed by atoms with Gasteiger partial charge >= 0.3 is 82.6 Å². The van der Waals surface area contributed by atoms with Gasteiger partial charge in [0.05, 0.1) is 0 Å². The molecule has 0 saturated heterocycles. The van der Waals surface area contributed by atoms with Crippen LogP contribution in [-0.4, -0.2) is 6.41 Å². The van der Waals surface area contributed by atoms with Gasteiger partial charge < -0.3 is 24.8 Å². The van der Waals surface area contributed by atoms with E-state index in [1.165, 1.54) is 49.5 Å². The molecule has 4 heteroatoms. The van der Waals surface area contributed by atoms with Crippen LogP contribution in [0.15, 0.2) is 170 Å². The Morgan fingerprint density at radius 1 is 0.348 bits per heavy atom. The van der Waals surface area contributed by atoms with Crippen LogP contribution in [0.1, 0.15) is 27.7 Å². The molecule has 0 radical (unpaired) electrons. The van der Waals surface area contributed by atoms with Crippen LogP contribution < -0.4 is 24.8 Å². The molecule has 0 nitrogen and oxygen atoms in total. The van der Waals surface area contributed by atoms with Gasteiger partial charge in [-0.3, -0.25) is 0 Å². The van der Waals surface area contributed by atoms with Crippen LogP contribution in [0.2, 0.25) is 0 Å². The first-order chi connectivity index (χ1) is 21.3. The molecule has 0 unspecified atom stereocenters.